The molecule has 9 heteroatoms. The van der Waals surface area contributed by atoms with Gasteiger partial charge in [-0.05, 0) is 93.1 Å². The molecule has 4 fully saturated rings. The van der Waals surface area contributed by atoms with Crippen LogP contribution in [0.25, 0.3) is 0 Å². The molecule has 0 aromatic rings. The largest absolute Gasteiger partial charge is 0.396 e. The van der Waals surface area contributed by atoms with Crippen LogP contribution in [0.3, 0.4) is 0 Å². The van der Waals surface area contributed by atoms with Gasteiger partial charge in [0.05, 0.1) is 36.1 Å². The molecular formula is C33H54O9. The number of allylic oxidation sites excluding steroid dienone is 1. The normalized spacial score (nSPS) is 47.3. The number of ether oxygens (including phenoxy) is 3. The fraction of sp³-hybridized carbons (Fsp3) is 0.909. The van der Waals surface area contributed by atoms with Gasteiger partial charge >= 0.3 is 0 Å². The Balaban J connectivity index is 1.38. The average Bonchev–Trinajstić information content (AvgIpc) is 3.44. The van der Waals surface area contributed by atoms with Crippen LogP contribution in [-0.2, 0) is 19.0 Å². The number of ketones is 1. The Labute approximate surface area is 250 Å². The molecular weight excluding hydrogens is 540 g/mol. The molecule has 0 bridgehead atoms. The Bertz CT molecular complexity index is 1030. The second kappa shape index (κ2) is 11.8. The summed E-state index contributed by atoms with van der Waals surface area (Å²) in [6.07, 6.45) is 4.72. The minimum atomic E-state index is -1.63. The first kappa shape index (κ1) is 32.5. The van der Waals surface area contributed by atoms with Gasteiger partial charge in [0.25, 0.3) is 0 Å². The van der Waals surface area contributed by atoms with Crippen molar-refractivity contribution in [2.24, 2.45) is 40.4 Å². The molecule has 5 rings (SSSR count). The lowest BCUT2D eigenvalue weighted by atomic mass is 9.46. The first-order valence-corrected chi connectivity index (χ1v) is 16.2. The fourth-order valence-corrected chi connectivity index (χ4v) is 10.2. The number of carbonyl (C=O) groups is 1. The summed E-state index contributed by atoms with van der Waals surface area (Å²) in [5.41, 5.74) is -3.11. The molecule has 0 radical (unpaired) electrons. The van der Waals surface area contributed by atoms with Crippen molar-refractivity contribution in [3.05, 3.63) is 11.6 Å². The second-order valence-corrected chi connectivity index (χ2v) is 14.8. The lowest BCUT2D eigenvalue weighted by Crippen LogP contribution is -2.63. The molecule has 0 amide bonds. The van der Waals surface area contributed by atoms with E-state index in [0.29, 0.717) is 38.9 Å². The molecule has 0 unspecified atom stereocenters. The summed E-state index contributed by atoms with van der Waals surface area (Å²) in [5.74, 6) is -1.07. The van der Waals surface area contributed by atoms with Gasteiger partial charge < -0.3 is 39.7 Å². The van der Waals surface area contributed by atoms with Crippen LogP contribution in [0, 0.1) is 40.4 Å². The van der Waals surface area contributed by atoms with E-state index < -0.39 is 46.8 Å². The van der Waals surface area contributed by atoms with E-state index in [4.69, 9.17) is 14.2 Å². The lowest BCUT2D eigenvalue weighted by molar-refractivity contribution is -0.199. The van der Waals surface area contributed by atoms with Gasteiger partial charge in [-0.3, -0.25) is 4.79 Å². The SMILES string of the molecule is COCCCO[C@H]1CC[C@@]2(C)[C@@H](C1)C(=O)C=C1[C@@H]2CC[C@]2(C)[C@@H]([C@](C)(O)[C@H](O)[C@H]3O[C@H](CO)[C@H](C)[C@H]3CO)CC[C@@]12O. The highest BCUT2D eigenvalue weighted by atomic mass is 16.5. The molecule has 4 aliphatic carbocycles. The summed E-state index contributed by atoms with van der Waals surface area (Å²) in [6.45, 7) is 8.54. The minimum absolute atomic E-state index is 0.0527. The van der Waals surface area contributed by atoms with Crippen LogP contribution in [0.2, 0.25) is 0 Å². The number of aliphatic hydroxyl groups is 5. The van der Waals surface area contributed by atoms with Gasteiger partial charge in [-0.25, -0.2) is 0 Å². The summed E-state index contributed by atoms with van der Waals surface area (Å²) in [5, 5.41) is 56.1. The smallest absolute Gasteiger partial charge is 0.159 e. The molecule has 1 aliphatic heterocycles. The van der Waals surface area contributed by atoms with Gasteiger partial charge in [0.15, 0.2) is 5.78 Å². The summed E-state index contributed by atoms with van der Waals surface area (Å²) in [6, 6.07) is 0. The number of methoxy groups -OCH3 is 1. The van der Waals surface area contributed by atoms with Crippen LogP contribution in [0.1, 0.15) is 79.1 Å². The first-order chi connectivity index (χ1) is 19.8. The van der Waals surface area contributed by atoms with Crippen LogP contribution in [0.15, 0.2) is 11.6 Å². The number of carbonyl (C=O) groups excluding carboxylic acids is 1. The summed E-state index contributed by atoms with van der Waals surface area (Å²) >= 11 is 0. The zero-order valence-corrected chi connectivity index (χ0v) is 26.1. The van der Waals surface area contributed by atoms with Crippen molar-refractivity contribution < 1.29 is 44.5 Å². The molecule has 1 saturated heterocycles. The van der Waals surface area contributed by atoms with Crippen molar-refractivity contribution in [2.45, 2.75) is 115 Å². The standard InChI is InChI=1S/C33H54O9/c1-19-21(17-34)28(42-26(19)18-35)29(37)32(4,38)27-9-12-33(39)23-16-25(36)24-15-20(41-14-6-13-40-5)7-10-30(24,2)22(23)8-11-31(27,33)3/h16,19-22,24,26-29,34-35,37-39H,6-15,17-18H2,1-5H3/t19-,20+,21-,22+,24+,26-,27+,28+,29-,30-,31-,32+,33-/m1/s1. The van der Waals surface area contributed by atoms with E-state index >= 15 is 0 Å². The summed E-state index contributed by atoms with van der Waals surface area (Å²) in [4.78, 5) is 13.8. The van der Waals surface area contributed by atoms with Gasteiger partial charge in [0, 0.05) is 44.2 Å². The molecule has 13 atom stereocenters. The van der Waals surface area contributed by atoms with Crippen molar-refractivity contribution in [2.75, 3.05) is 33.5 Å². The van der Waals surface area contributed by atoms with Gasteiger partial charge in [0.1, 0.15) is 6.10 Å². The molecule has 5 N–H and O–H groups in total. The Morgan fingerprint density at radius 1 is 1.10 bits per heavy atom. The fourth-order valence-electron chi connectivity index (χ4n) is 10.2. The van der Waals surface area contributed by atoms with Gasteiger partial charge in [-0.2, -0.15) is 0 Å². The maximum Gasteiger partial charge on any atom is 0.159 e. The molecule has 0 aromatic heterocycles. The third-order valence-corrected chi connectivity index (χ3v) is 12.9. The van der Waals surface area contributed by atoms with Crippen molar-refractivity contribution in [3.8, 4) is 0 Å². The Morgan fingerprint density at radius 3 is 2.50 bits per heavy atom. The van der Waals surface area contributed by atoms with Gasteiger partial charge in [-0.15, -0.1) is 0 Å². The predicted octanol–water partition coefficient (Wildman–Crippen LogP) is 2.40. The highest BCUT2D eigenvalue weighted by Gasteiger charge is 2.69. The Hall–Kier alpha value is -0.910. The molecule has 5 aliphatic rings. The number of rotatable bonds is 10. The van der Waals surface area contributed by atoms with Crippen LogP contribution >= 0.6 is 0 Å². The molecule has 42 heavy (non-hydrogen) atoms. The number of hydrogen-bond acceptors (Lipinski definition) is 9. The van der Waals surface area contributed by atoms with Crippen molar-refractivity contribution in [1.82, 2.24) is 0 Å². The predicted molar refractivity (Wildman–Crippen MR) is 155 cm³/mol. The number of hydrogen-bond donors (Lipinski definition) is 5. The van der Waals surface area contributed by atoms with E-state index in [1.54, 1.807) is 20.1 Å². The van der Waals surface area contributed by atoms with E-state index in [2.05, 4.69) is 6.92 Å². The van der Waals surface area contributed by atoms with Gasteiger partial charge in [0.2, 0.25) is 0 Å². The lowest BCUT2D eigenvalue weighted by Gasteiger charge is -2.60. The van der Waals surface area contributed by atoms with Crippen molar-refractivity contribution in [1.29, 1.82) is 0 Å². The van der Waals surface area contributed by atoms with Crippen LogP contribution in [-0.4, -0.2) is 100 Å². The highest BCUT2D eigenvalue weighted by Crippen LogP contribution is 2.68. The third kappa shape index (κ3) is 4.85. The summed E-state index contributed by atoms with van der Waals surface area (Å²) in [7, 11) is 1.68. The van der Waals surface area contributed by atoms with E-state index in [-0.39, 0.29) is 48.3 Å². The molecule has 9 nitrogen and oxygen atoms in total. The molecule has 240 valence electrons. The first-order valence-electron chi connectivity index (χ1n) is 16.2. The molecule has 3 saturated carbocycles. The number of aliphatic hydroxyl groups excluding tert-OH is 3. The molecule has 1 heterocycles. The monoisotopic (exact) mass is 594 g/mol. The van der Waals surface area contributed by atoms with Crippen LogP contribution < -0.4 is 0 Å². The van der Waals surface area contributed by atoms with Crippen molar-refractivity contribution in [3.63, 3.8) is 0 Å². The van der Waals surface area contributed by atoms with E-state index in [1.807, 2.05) is 13.8 Å². The molecule has 0 spiro atoms. The van der Waals surface area contributed by atoms with Crippen LogP contribution in [0.4, 0.5) is 0 Å². The quantitative estimate of drug-likeness (QED) is 0.241. The maximum atomic E-state index is 13.8. The second-order valence-electron chi connectivity index (χ2n) is 14.8. The Kier molecular flexibility index (Phi) is 9.12. The highest BCUT2D eigenvalue weighted by molar-refractivity contribution is 5.95. The van der Waals surface area contributed by atoms with E-state index in [9.17, 15) is 30.3 Å². The summed E-state index contributed by atoms with van der Waals surface area (Å²) < 4.78 is 17.2. The average molecular weight is 595 g/mol. The van der Waals surface area contributed by atoms with Gasteiger partial charge in [-0.1, -0.05) is 20.8 Å². The third-order valence-electron chi connectivity index (χ3n) is 12.9. The topological polar surface area (TPSA) is 146 Å². The molecule has 0 aromatic carbocycles. The zero-order valence-electron chi connectivity index (χ0n) is 26.1. The number of fused-ring (bicyclic) bond motifs is 5. The van der Waals surface area contributed by atoms with Crippen LogP contribution in [0.5, 0.6) is 0 Å². The van der Waals surface area contributed by atoms with E-state index in [0.717, 1.165) is 31.3 Å². The van der Waals surface area contributed by atoms with Crippen molar-refractivity contribution >= 4 is 5.78 Å². The minimum Gasteiger partial charge on any atom is -0.396 e. The maximum absolute atomic E-state index is 13.8. The zero-order chi connectivity index (χ0) is 30.7. The van der Waals surface area contributed by atoms with E-state index in [1.165, 1.54) is 0 Å². The Morgan fingerprint density at radius 2 is 1.83 bits per heavy atom.